The molecule has 3 aromatic rings. The van der Waals surface area contributed by atoms with Gasteiger partial charge in [-0.25, -0.2) is 0 Å². The Morgan fingerprint density at radius 1 is 0.838 bits per heavy atom. The molecule has 0 atom stereocenters. The summed E-state index contributed by atoms with van der Waals surface area (Å²) in [4.78, 5) is 14.9. The summed E-state index contributed by atoms with van der Waals surface area (Å²) in [5, 5.41) is 12.0. The highest BCUT2D eigenvalue weighted by Gasteiger charge is 2.21. The van der Waals surface area contributed by atoms with Crippen molar-refractivity contribution in [2.45, 2.75) is 41.5 Å². The molecule has 0 aliphatic rings. The predicted molar refractivity (Wildman–Crippen MR) is 156 cm³/mol. The fraction of sp³-hybridized carbons (Fsp3) is 0.387. The second-order valence-corrected chi connectivity index (χ2v) is 9.59. The number of carbonyl (C=O) groups is 1. The van der Waals surface area contributed by atoms with Gasteiger partial charge in [0.1, 0.15) is 0 Å². The summed E-state index contributed by atoms with van der Waals surface area (Å²) < 4.78 is 1.15. The van der Waals surface area contributed by atoms with Crippen molar-refractivity contribution in [1.29, 1.82) is 0 Å². The smallest absolute Gasteiger partial charge is 0.255 e. The zero-order valence-corrected chi connectivity index (χ0v) is 23.3. The van der Waals surface area contributed by atoms with Gasteiger partial charge in [0.05, 0.1) is 44.1 Å². The van der Waals surface area contributed by atoms with Crippen LogP contribution < -0.4 is 10.2 Å². The maximum absolute atomic E-state index is 12.5. The van der Waals surface area contributed by atoms with Crippen LogP contribution in [0.3, 0.4) is 0 Å². The number of hydrogen-bond acceptors (Lipinski definition) is 4. The topological polar surface area (TPSA) is 57.1 Å². The average molecular weight is 501 g/mol. The molecule has 0 saturated carbocycles. The summed E-state index contributed by atoms with van der Waals surface area (Å²) in [6.07, 6.45) is 0. The van der Waals surface area contributed by atoms with Crippen LogP contribution in [0.25, 0.3) is 0 Å². The van der Waals surface area contributed by atoms with E-state index >= 15 is 0 Å². The van der Waals surface area contributed by atoms with Crippen LogP contribution in [-0.4, -0.2) is 49.7 Å². The second kappa shape index (κ2) is 13.2. The molecule has 0 aromatic heterocycles. The number of anilines is 2. The van der Waals surface area contributed by atoms with Gasteiger partial charge >= 0.3 is 0 Å². The molecule has 3 rings (SSSR count). The molecule has 0 spiro atoms. The molecule has 0 saturated heterocycles. The number of carbonyl (C=O) groups excluding carboxylic acids is 1. The van der Waals surface area contributed by atoms with E-state index < -0.39 is 0 Å². The maximum Gasteiger partial charge on any atom is 0.255 e. The largest absolute Gasteiger partial charge is 0.366 e. The first-order valence-electron chi connectivity index (χ1n) is 13.4. The van der Waals surface area contributed by atoms with Crippen molar-refractivity contribution < 1.29 is 9.28 Å². The Bertz CT molecular complexity index is 1150. The van der Waals surface area contributed by atoms with Crippen molar-refractivity contribution in [1.82, 2.24) is 0 Å². The van der Waals surface area contributed by atoms with Crippen LogP contribution in [0.4, 0.5) is 22.7 Å². The van der Waals surface area contributed by atoms with Gasteiger partial charge in [0.15, 0.2) is 0 Å². The monoisotopic (exact) mass is 500 g/mol. The normalized spacial score (nSPS) is 11.6. The molecule has 196 valence electrons. The van der Waals surface area contributed by atoms with Crippen LogP contribution in [0, 0.1) is 13.8 Å². The molecule has 3 aromatic carbocycles. The molecule has 0 fully saturated rings. The number of rotatable bonds is 12. The molecule has 0 aliphatic carbocycles. The number of nitrogens with one attached hydrogen (secondary N) is 1. The lowest BCUT2D eigenvalue weighted by Gasteiger charge is -2.38. The van der Waals surface area contributed by atoms with Crippen molar-refractivity contribution in [3.05, 3.63) is 83.4 Å². The van der Waals surface area contributed by atoms with Crippen molar-refractivity contribution in [3.8, 4) is 0 Å². The molecule has 6 nitrogen and oxygen atoms in total. The minimum atomic E-state index is -0.126. The minimum Gasteiger partial charge on any atom is -0.366 e. The third-order valence-corrected chi connectivity index (χ3v) is 7.50. The van der Waals surface area contributed by atoms with Crippen molar-refractivity contribution >= 4 is 28.7 Å². The first-order valence-corrected chi connectivity index (χ1v) is 13.4. The molecular formula is C31H42N5O+. The third kappa shape index (κ3) is 7.26. The van der Waals surface area contributed by atoms with E-state index in [9.17, 15) is 4.79 Å². The second-order valence-electron chi connectivity index (χ2n) is 9.59. The van der Waals surface area contributed by atoms with E-state index in [1.54, 1.807) is 12.1 Å². The summed E-state index contributed by atoms with van der Waals surface area (Å²) in [5.41, 5.74) is 6.17. The summed E-state index contributed by atoms with van der Waals surface area (Å²) >= 11 is 0. The number of nitrogens with zero attached hydrogens (tertiary/aromatic N) is 4. The van der Waals surface area contributed by atoms with E-state index in [0.717, 1.165) is 52.3 Å². The molecule has 0 radical (unpaired) electrons. The van der Waals surface area contributed by atoms with E-state index in [0.29, 0.717) is 5.56 Å². The lowest BCUT2D eigenvalue weighted by molar-refractivity contribution is -0.921. The van der Waals surface area contributed by atoms with Gasteiger partial charge in [0, 0.05) is 23.5 Å². The predicted octanol–water partition coefficient (Wildman–Crippen LogP) is 7.67. The SMILES string of the molecule is CCN(CC[N+](CC)(CC)CC)c1ccc(/N=N/c2c(C)cc(NC(=O)c3ccccc3)cc2C)cc1. The third-order valence-electron chi connectivity index (χ3n) is 7.50. The Labute approximate surface area is 222 Å². The number of likely N-dealkylation sites (N-methyl/N-ethyl adjacent to an activating group) is 2. The summed E-state index contributed by atoms with van der Waals surface area (Å²) in [7, 11) is 0. The molecule has 0 heterocycles. The first kappa shape index (κ1) is 28.1. The molecule has 1 amide bonds. The number of amides is 1. The van der Waals surface area contributed by atoms with E-state index in [1.165, 1.54) is 25.3 Å². The number of quaternary nitrogens is 1. The summed E-state index contributed by atoms with van der Waals surface area (Å²) in [6.45, 7) is 19.7. The zero-order valence-electron chi connectivity index (χ0n) is 23.3. The fourth-order valence-corrected chi connectivity index (χ4v) is 4.76. The van der Waals surface area contributed by atoms with Crippen molar-refractivity contribution in [3.63, 3.8) is 0 Å². The Kier molecular flexibility index (Phi) is 9.98. The Balaban J connectivity index is 1.68. The standard InChI is InChI=1S/C31H41N5O/c1-7-35(20-21-36(8-2,9-3)10-4)29-18-16-27(17-19-29)33-34-30-24(5)22-28(23-25(30)6)32-31(37)26-14-12-11-13-15-26/h11-19,22-23H,7-10,20-21H2,1-6H3/p+1. The van der Waals surface area contributed by atoms with Gasteiger partial charge in [-0.05, 0) is 101 Å². The Morgan fingerprint density at radius 2 is 1.43 bits per heavy atom. The van der Waals surface area contributed by atoms with E-state index in [2.05, 4.69) is 60.3 Å². The molecule has 0 bridgehead atoms. The van der Waals surface area contributed by atoms with Crippen LogP contribution in [-0.2, 0) is 0 Å². The molecule has 0 aliphatic heterocycles. The highest BCUT2D eigenvalue weighted by atomic mass is 16.1. The van der Waals surface area contributed by atoms with Gasteiger partial charge in [-0.15, -0.1) is 0 Å². The average Bonchev–Trinajstić information content (AvgIpc) is 2.92. The number of azo groups is 1. The minimum absolute atomic E-state index is 0.126. The first-order chi connectivity index (χ1) is 17.8. The van der Waals surface area contributed by atoms with Crippen LogP contribution >= 0.6 is 0 Å². The Hall–Kier alpha value is -3.51. The molecular weight excluding hydrogens is 458 g/mol. The van der Waals surface area contributed by atoms with Crippen LogP contribution in [0.1, 0.15) is 49.2 Å². The summed E-state index contributed by atoms with van der Waals surface area (Å²) in [5.74, 6) is -0.126. The highest BCUT2D eigenvalue weighted by Crippen LogP contribution is 2.30. The molecule has 37 heavy (non-hydrogen) atoms. The molecule has 0 unspecified atom stereocenters. The lowest BCUT2D eigenvalue weighted by Crippen LogP contribution is -2.51. The van der Waals surface area contributed by atoms with Crippen LogP contribution in [0.15, 0.2) is 77.0 Å². The van der Waals surface area contributed by atoms with E-state index in [1.807, 2.05) is 56.3 Å². The van der Waals surface area contributed by atoms with Gasteiger partial charge in [-0.3, -0.25) is 4.79 Å². The quantitative estimate of drug-likeness (QED) is 0.205. The maximum atomic E-state index is 12.5. The fourth-order valence-electron chi connectivity index (χ4n) is 4.76. The van der Waals surface area contributed by atoms with Gasteiger partial charge in [-0.1, -0.05) is 18.2 Å². The van der Waals surface area contributed by atoms with Gasteiger partial charge < -0.3 is 14.7 Å². The summed E-state index contributed by atoms with van der Waals surface area (Å²) in [6, 6.07) is 21.4. The van der Waals surface area contributed by atoms with Gasteiger partial charge in [-0.2, -0.15) is 10.2 Å². The zero-order chi connectivity index (χ0) is 26.8. The number of benzene rings is 3. The lowest BCUT2D eigenvalue weighted by atomic mass is 10.1. The number of hydrogen-bond donors (Lipinski definition) is 1. The highest BCUT2D eigenvalue weighted by molar-refractivity contribution is 6.04. The number of aryl methyl sites for hydroxylation is 2. The van der Waals surface area contributed by atoms with Crippen molar-refractivity contribution in [2.75, 3.05) is 49.5 Å². The van der Waals surface area contributed by atoms with Gasteiger partial charge in [0.2, 0.25) is 0 Å². The molecule has 6 heteroatoms. The van der Waals surface area contributed by atoms with Crippen molar-refractivity contribution in [2.24, 2.45) is 10.2 Å². The Morgan fingerprint density at radius 3 is 1.97 bits per heavy atom. The van der Waals surface area contributed by atoms with E-state index in [-0.39, 0.29) is 5.91 Å². The molecule has 1 N–H and O–H groups in total. The van der Waals surface area contributed by atoms with Crippen LogP contribution in [0.2, 0.25) is 0 Å². The van der Waals surface area contributed by atoms with E-state index in [4.69, 9.17) is 0 Å². The van der Waals surface area contributed by atoms with Crippen LogP contribution in [0.5, 0.6) is 0 Å². The van der Waals surface area contributed by atoms with Gasteiger partial charge in [0.25, 0.3) is 5.91 Å².